The third kappa shape index (κ3) is 2.46. The van der Waals surface area contributed by atoms with E-state index in [1.807, 2.05) is 31.2 Å². The van der Waals surface area contributed by atoms with Gasteiger partial charge in [0.15, 0.2) is 5.96 Å². The molecule has 2 rings (SSSR count). The van der Waals surface area contributed by atoms with Crippen molar-refractivity contribution in [1.29, 1.82) is 0 Å². The van der Waals surface area contributed by atoms with Crippen molar-refractivity contribution in [3.63, 3.8) is 0 Å². The van der Waals surface area contributed by atoms with Crippen molar-refractivity contribution in [3.05, 3.63) is 35.4 Å². The molecule has 0 aromatic heterocycles. The molecule has 1 aromatic carbocycles. The first kappa shape index (κ1) is 11.6. The summed E-state index contributed by atoms with van der Waals surface area (Å²) in [6.45, 7) is 4.79. The first-order valence-corrected chi connectivity index (χ1v) is 5.89. The molecule has 1 atom stereocenters. The molecule has 90 valence electrons. The smallest absolute Gasteiger partial charge is 0.253 e. The van der Waals surface area contributed by atoms with Gasteiger partial charge in [-0.1, -0.05) is 31.2 Å². The average molecular weight is 231 g/mol. The van der Waals surface area contributed by atoms with Crippen LogP contribution in [0.25, 0.3) is 0 Å². The quantitative estimate of drug-likeness (QED) is 0.828. The van der Waals surface area contributed by atoms with E-state index in [1.165, 1.54) is 0 Å². The summed E-state index contributed by atoms with van der Waals surface area (Å²) in [6, 6.07) is 7.57. The Kier molecular flexibility index (Phi) is 3.42. The second-order valence-corrected chi connectivity index (χ2v) is 4.15. The number of hydrogen-bond acceptors (Lipinski definition) is 2. The number of nitrogens with zero attached hydrogens (tertiary/aromatic N) is 1. The zero-order valence-electron chi connectivity index (χ0n) is 10.2. The van der Waals surface area contributed by atoms with Crippen molar-refractivity contribution in [2.75, 3.05) is 6.54 Å². The van der Waals surface area contributed by atoms with Gasteiger partial charge in [0.25, 0.3) is 5.91 Å². The van der Waals surface area contributed by atoms with Gasteiger partial charge in [-0.2, -0.15) is 0 Å². The van der Waals surface area contributed by atoms with Crippen LogP contribution in [0.4, 0.5) is 0 Å². The van der Waals surface area contributed by atoms with Gasteiger partial charge >= 0.3 is 0 Å². The number of benzene rings is 1. The maximum atomic E-state index is 11.8. The lowest BCUT2D eigenvalue weighted by Crippen LogP contribution is -2.25. The van der Waals surface area contributed by atoms with Crippen molar-refractivity contribution in [3.8, 4) is 0 Å². The van der Waals surface area contributed by atoms with E-state index in [-0.39, 0.29) is 11.9 Å². The molecule has 1 amide bonds. The molecule has 1 aliphatic rings. The van der Waals surface area contributed by atoms with E-state index in [9.17, 15) is 4.79 Å². The topological polar surface area (TPSA) is 53.5 Å². The molecule has 4 heteroatoms. The first-order valence-electron chi connectivity index (χ1n) is 5.89. The highest BCUT2D eigenvalue weighted by atomic mass is 16.2. The molecule has 17 heavy (non-hydrogen) atoms. The van der Waals surface area contributed by atoms with E-state index in [0.717, 1.165) is 24.1 Å². The average Bonchev–Trinajstić information content (AvgIpc) is 2.68. The van der Waals surface area contributed by atoms with Crippen LogP contribution in [0.1, 0.15) is 30.5 Å². The Morgan fingerprint density at radius 3 is 2.82 bits per heavy atom. The number of aryl methyl sites for hydroxylation is 1. The van der Waals surface area contributed by atoms with Gasteiger partial charge in [-0.15, -0.1) is 0 Å². The number of guanidine groups is 1. The zero-order valence-corrected chi connectivity index (χ0v) is 10.2. The molecule has 0 spiro atoms. The molecule has 1 aliphatic heterocycles. The van der Waals surface area contributed by atoms with E-state index >= 15 is 0 Å². The monoisotopic (exact) mass is 231 g/mol. The lowest BCUT2D eigenvalue weighted by Gasteiger charge is -2.10. The van der Waals surface area contributed by atoms with Gasteiger partial charge in [-0.25, -0.2) is 0 Å². The Hall–Kier alpha value is -1.84. The fourth-order valence-corrected chi connectivity index (χ4v) is 1.87. The minimum absolute atomic E-state index is 0.0332. The molecule has 2 N–H and O–H groups in total. The van der Waals surface area contributed by atoms with Gasteiger partial charge < -0.3 is 5.32 Å². The molecule has 1 unspecified atom stereocenters. The van der Waals surface area contributed by atoms with Crippen LogP contribution in [-0.2, 0) is 4.79 Å². The zero-order chi connectivity index (χ0) is 12.3. The molecule has 1 fully saturated rings. The van der Waals surface area contributed by atoms with Crippen molar-refractivity contribution in [2.45, 2.75) is 26.3 Å². The highest BCUT2D eigenvalue weighted by Crippen LogP contribution is 2.19. The lowest BCUT2D eigenvalue weighted by atomic mass is 10.0. The number of hydrogen-bond donors (Lipinski definition) is 2. The number of amides is 1. The van der Waals surface area contributed by atoms with Crippen LogP contribution in [0.5, 0.6) is 0 Å². The van der Waals surface area contributed by atoms with E-state index in [4.69, 9.17) is 0 Å². The standard InChI is InChI=1S/C13H17N3O/c1-3-8-14-13-15-11(12(17)16-13)10-7-5-4-6-9(10)2/h4-7,11H,3,8H2,1-2H3,(H2,14,15,16,17). The van der Waals surface area contributed by atoms with Crippen LogP contribution in [0.3, 0.4) is 0 Å². The Morgan fingerprint density at radius 1 is 1.35 bits per heavy atom. The minimum atomic E-state index is -0.313. The summed E-state index contributed by atoms with van der Waals surface area (Å²) in [4.78, 5) is 16.1. The second kappa shape index (κ2) is 4.99. The Balaban J connectivity index is 2.19. The van der Waals surface area contributed by atoms with Crippen LogP contribution in [-0.4, -0.2) is 18.4 Å². The fraction of sp³-hybridized carbons (Fsp3) is 0.385. The van der Waals surface area contributed by atoms with Crippen molar-refractivity contribution in [1.82, 2.24) is 10.6 Å². The summed E-state index contributed by atoms with van der Waals surface area (Å²) in [5.74, 6) is 0.555. The Labute approximate surface area is 101 Å². The molecule has 0 radical (unpaired) electrons. The normalized spacial score (nSPS) is 21.4. The van der Waals surface area contributed by atoms with Gasteiger partial charge in [0.1, 0.15) is 6.04 Å². The van der Waals surface area contributed by atoms with E-state index in [0.29, 0.717) is 5.96 Å². The summed E-state index contributed by atoms with van der Waals surface area (Å²) in [5, 5.41) is 5.89. The fourth-order valence-electron chi connectivity index (χ4n) is 1.87. The molecular formula is C13H17N3O. The molecular weight excluding hydrogens is 214 g/mol. The number of carbonyl (C=O) groups is 1. The minimum Gasteiger partial charge on any atom is -0.340 e. The van der Waals surface area contributed by atoms with Crippen LogP contribution in [0.2, 0.25) is 0 Å². The summed E-state index contributed by atoms with van der Waals surface area (Å²) in [6.07, 6.45) is 0.968. The number of nitrogens with one attached hydrogen (secondary N) is 2. The first-order chi connectivity index (χ1) is 8.22. The molecule has 1 aromatic rings. The van der Waals surface area contributed by atoms with Gasteiger partial charge in [-0.3, -0.25) is 15.1 Å². The number of rotatable bonds is 3. The number of aliphatic imine (C=N–C) groups is 1. The molecule has 0 saturated carbocycles. The third-order valence-corrected chi connectivity index (χ3v) is 2.78. The molecule has 4 nitrogen and oxygen atoms in total. The SMILES string of the molecule is CCCN=C1NC(=O)C(c2ccccc2C)N1. The van der Waals surface area contributed by atoms with Gasteiger partial charge in [0.05, 0.1) is 0 Å². The highest BCUT2D eigenvalue weighted by molar-refractivity contribution is 6.06. The molecule has 1 heterocycles. The van der Waals surface area contributed by atoms with Crippen LogP contribution in [0.15, 0.2) is 29.3 Å². The predicted molar refractivity (Wildman–Crippen MR) is 67.8 cm³/mol. The van der Waals surface area contributed by atoms with E-state index in [1.54, 1.807) is 0 Å². The largest absolute Gasteiger partial charge is 0.340 e. The Bertz CT molecular complexity index is 454. The van der Waals surface area contributed by atoms with Crippen molar-refractivity contribution >= 4 is 11.9 Å². The van der Waals surface area contributed by atoms with Gasteiger partial charge in [0, 0.05) is 6.54 Å². The summed E-state index contributed by atoms with van der Waals surface area (Å²) in [7, 11) is 0. The summed E-state index contributed by atoms with van der Waals surface area (Å²) >= 11 is 0. The predicted octanol–water partition coefficient (Wildman–Crippen LogP) is 1.52. The van der Waals surface area contributed by atoms with E-state index < -0.39 is 0 Å². The second-order valence-electron chi connectivity index (χ2n) is 4.15. The molecule has 0 aliphatic carbocycles. The molecule has 0 bridgehead atoms. The Morgan fingerprint density at radius 2 is 2.12 bits per heavy atom. The number of carbonyl (C=O) groups excluding carboxylic acids is 1. The maximum absolute atomic E-state index is 11.8. The molecule has 1 saturated heterocycles. The van der Waals surface area contributed by atoms with Crippen LogP contribution in [0, 0.1) is 6.92 Å². The van der Waals surface area contributed by atoms with E-state index in [2.05, 4.69) is 22.5 Å². The lowest BCUT2D eigenvalue weighted by molar-refractivity contribution is -0.120. The van der Waals surface area contributed by atoms with Crippen molar-refractivity contribution in [2.24, 2.45) is 4.99 Å². The summed E-state index contributed by atoms with van der Waals surface area (Å²) in [5.41, 5.74) is 2.11. The van der Waals surface area contributed by atoms with Crippen LogP contribution >= 0.6 is 0 Å². The summed E-state index contributed by atoms with van der Waals surface area (Å²) < 4.78 is 0. The van der Waals surface area contributed by atoms with Gasteiger partial charge in [0.2, 0.25) is 0 Å². The third-order valence-electron chi connectivity index (χ3n) is 2.78. The maximum Gasteiger partial charge on any atom is 0.253 e. The van der Waals surface area contributed by atoms with Gasteiger partial charge in [-0.05, 0) is 24.5 Å². The highest BCUT2D eigenvalue weighted by Gasteiger charge is 2.30. The van der Waals surface area contributed by atoms with Crippen LogP contribution < -0.4 is 10.6 Å². The van der Waals surface area contributed by atoms with Crippen molar-refractivity contribution < 1.29 is 4.79 Å².